The Morgan fingerprint density at radius 2 is 1.34 bits per heavy atom. The first kappa shape index (κ1) is 33.3. The van der Waals surface area contributed by atoms with Crippen molar-refractivity contribution in [3.63, 3.8) is 0 Å². The van der Waals surface area contributed by atoms with Gasteiger partial charge in [-0.25, -0.2) is 0 Å². The normalized spacial score (nSPS) is 53.1. The Hall–Kier alpha value is -0.560. The maximum Gasteiger partial charge on any atom is 0.186 e. The van der Waals surface area contributed by atoms with Gasteiger partial charge in [0.15, 0.2) is 12.6 Å². The van der Waals surface area contributed by atoms with Crippen molar-refractivity contribution in [2.75, 3.05) is 13.2 Å². The van der Waals surface area contributed by atoms with E-state index in [0.717, 1.165) is 0 Å². The topological polar surface area (TPSA) is 239 Å². The molecule has 2 saturated heterocycles. The fourth-order valence-electron chi connectivity index (χ4n) is 7.39. The third-order valence-corrected chi connectivity index (χ3v) is 9.93. The molecule has 41 heavy (non-hydrogen) atoms. The number of aliphatic hydroxyl groups excluding tert-OH is 8. The highest BCUT2D eigenvalue weighted by atomic mass is 16.7. The maximum atomic E-state index is 11.5. The lowest BCUT2D eigenvalue weighted by molar-refractivity contribution is -0.353. The zero-order valence-electron chi connectivity index (χ0n) is 23.9. The standard InChI is InChI=1S/C27H48O14/c1-25(2,36)11-5-7-26(3)14(29)6-8-27(4,37)22(26)21(11)41-24-20(35)18(33)16(31)13(40-24)10-38-23-19(34)17(32)15(30)12(9-28)39-23/h11-24,28-37H,5-10H2,1-4H3/t11-,12-,13-,14+,15-,16-,17+,18+,19-,20-,21-,22?,23+,24+,26-,27-/m1/s1. The molecule has 4 rings (SSSR count). The van der Waals surface area contributed by atoms with Crippen LogP contribution >= 0.6 is 0 Å². The lowest BCUT2D eigenvalue weighted by atomic mass is 9.50. The van der Waals surface area contributed by atoms with Gasteiger partial charge in [-0.15, -0.1) is 0 Å². The Balaban J connectivity index is 1.55. The number of fused-ring (bicyclic) bond motifs is 1. The van der Waals surface area contributed by atoms with E-state index in [2.05, 4.69) is 0 Å². The van der Waals surface area contributed by atoms with Crippen LogP contribution in [-0.2, 0) is 18.9 Å². The molecule has 1 unspecified atom stereocenters. The molecule has 2 heterocycles. The molecule has 0 bridgehead atoms. The first-order chi connectivity index (χ1) is 18.9. The van der Waals surface area contributed by atoms with Crippen LogP contribution < -0.4 is 0 Å². The van der Waals surface area contributed by atoms with Crippen LogP contribution in [0.2, 0.25) is 0 Å². The molecule has 0 aromatic rings. The third kappa shape index (κ3) is 6.20. The molecule has 0 amide bonds. The van der Waals surface area contributed by atoms with E-state index in [1.54, 1.807) is 20.8 Å². The summed E-state index contributed by atoms with van der Waals surface area (Å²) in [6, 6.07) is 0. The van der Waals surface area contributed by atoms with Crippen molar-refractivity contribution in [2.45, 2.75) is 138 Å². The number of hydrogen-bond donors (Lipinski definition) is 10. The molecule has 4 fully saturated rings. The van der Waals surface area contributed by atoms with Crippen LogP contribution in [0.5, 0.6) is 0 Å². The van der Waals surface area contributed by atoms with Gasteiger partial charge < -0.3 is 70.0 Å². The van der Waals surface area contributed by atoms with E-state index in [0.29, 0.717) is 19.3 Å². The molecule has 0 aromatic heterocycles. The zero-order valence-corrected chi connectivity index (χ0v) is 23.9. The van der Waals surface area contributed by atoms with Crippen LogP contribution in [0, 0.1) is 17.3 Å². The smallest absolute Gasteiger partial charge is 0.186 e. The molecule has 14 nitrogen and oxygen atoms in total. The average molecular weight is 597 g/mol. The molecule has 240 valence electrons. The second-order valence-electron chi connectivity index (χ2n) is 13.3. The first-order valence-electron chi connectivity index (χ1n) is 14.3. The Morgan fingerprint density at radius 1 is 0.780 bits per heavy atom. The number of aliphatic hydroxyl groups is 10. The highest BCUT2D eigenvalue weighted by Crippen LogP contribution is 2.58. The van der Waals surface area contributed by atoms with Gasteiger partial charge in [0.1, 0.15) is 48.8 Å². The summed E-state index contributed by atoms with van der Waals surface area (Å²) >= 11 is 0. The second kappa shape index (κ2) is 12.1. The van der Waals surface area contributed by atoms with Gasteiger partial charge in [-0.3, -0.25) is 0 Å². The van der Waals surface area contributed by atoms with Gasteiger partial charge in [-0.1, -0.05) is 6.92 Å². The Kier molecular flexibility index (Phi) is 9.83. The lowest BCUT2D eigenvalue weighted by Gasteiger charge is -2.61. The van der Waals surface area contributed by atoms with Crippen LogP contribution in [0.3, 0.4) is 0 Å². The second-order valence-corrected chi connectivity index (χ2v) is 13.3. The predicted octanol–water partition coefficient (Wildman–Crippen LogP) is -3.30. The minimum Gasteiger partial charge on any atom is -0.394 e. The van der Waals surface area contributed by atoms with Gasteiger partial charge in [0, 0.05) is 17.3 Å². The van der Waals surface area contributed by atoms with Crippen molar-refractivity contribution >= 4 is 0 Å². The van der Waals surface area contributed by atoms with Crippen molar-refractivity contribution in [3.8, 4) is 0 Å². The highest BCUT2D eigenvalue weighted by molar-refractivity contribution is 5.11. The van der Waals surface area contributed by atoms with E-state index >= 15 is 0 Å². The van der Waals surface area contributed by atoms with Crippen molar-refractivity contribution in [1.29, 1.82) is 0 Å². The van der Waals surface area contributed by atoms with E-state index in [9.17, 15) is 51.1 Å². The summed E-state index contributed by atoms with van der Waals surface area (Å²) < 4.78 is 23.0. The monoisotopic (exact) mass is 596 g/mol. The molecule has 2 saturated carbocycles. The maximum absolute atomic E-state index is 11.5. The molecule has 0 aromatic carbocycles. The lowest BCUT2D eigenvalue weighted by Crippen LogP contribution is -2.67. The minimum atomic E-state index is -1.76. The Morgan fingerprint density at radius 3 is 1.93 bits per heavy atom. The molecule has 2 aliphatic heterocycles. The summed E-state index contributed by atoms with van der Waals surface area (Å²) in [5.41, 5.74) is -3.36. The van der Waals surface area contributed by atoms with E-state index in [4.69, 9.17) is 18.9 Å². The van der Waals surface area contributed by atoms with Crippen LogP contribution in [0.25, 0.3) is 0 Å². The van der Waals surface area contributed by atoms with Crippen LogP contribution in [-0.4, -0.2) is 149 Å². The quantitative estimate of drug-likeness (QED) is 0.139. The summed E-state index contributed by atoms with van der Waals surface area (Å²) in [4.78, 5) is 0. The number of rotatable bonds is 7. The third-order valence-electron chi connectivity index (χ3n) is 9.93. The Labute approximate surface area is 239 Å². The summed E-state index contributed by atoms with van der Waals surface area (Å²) in [6.07, 6.45) is -15.9. The molecular formula is C27H48O14. The van der Waals surface area contributed by atoms with E-state index in [1.807, 2.05) is 6.92 Å². The molecule has 2 aliphatic carbocycles. The predicted molar refractivity (Wildman–Crippen MR) is 138 cm³/mol. The zero-order chi connectivity index (χ0) is 30.7. The summed E-state index contributed by atoms with van der Waals surface area (Å²) in [5.74, 6) is -1.24. The first-order valence-corrected chi connectivity index (χ1v) is 14.3. The molecular weight excluding hydrogens is 548 g/mol. The fourth-order valence-corrected chi connectivity index (χ4v) is 7.39. The van der Waals surface area contributed by atoms with Crippen molar-refractivity contribution in [1.82, 2.24) is 0 Å². The molecule has 4 aliphatic rings. The van der Waals surface area contributed by atoms with Gasteiger partial charge in [0.25, 0.3) is 0 Å². The van der Waals surface area contributed by atoms with Crippen LogP contribution in [0.15, 0.2) is 0 Å². The van der Waals surface area contributed by atoms with E-state index in [1.165, 1.54) is 0 Å². The van der Waals surface area contributed by atoms with Crippen LogP contribution in [0.4, 0.5) is 0 Å². The molecule has 0 radical (unpaired) electrons. The fraction of sp³-hybridized carbons (Fsp3) is 1.00. The van der Waals surface area contributed by atoms with Gasteiger partial charge >= 0.3 is 0 Å². The minimum absolute atomic E-state index is 0.276. The largest absolute Gasteiger partial charge is 0.394 e. The average Bonchev–Trinajstić information content (AvgIpc) is 2.89. The highest BCUT2D eigenvalue weighted by Gasteiger charge is 2.62. The molecule has 16 atom stereocenters. The van der Waals surface area contributed by atoms with Gasteiger partial charge in [-0.05, 0) is 46.5 Å². The van der Waals surface area contributed by atoms with Gasteiger partial charge in [-0.2, -0.15) is 0 Å². The molecule has 14 heteroatoms. The van der Waals surface area contributed by atoms with Gasteiger partial charge in [0.2, 0.25) is 0 Å². The summed E-state index contributed by atoms with van der Waals surface area (Å²) in [7, 11) is 0. The summed E-state index contributed by atoms with van der Waals surface area (Å²) in [5, 5.41) is 105. The number of ether oxygens (including phenoxy) is 4. The van der Waals surface area contributed by atoms with E-state index in [-0.39, 0.29) is 6.42 Å². The van der Waals surface area contributed by atoms with Crippen LogP contribution in [0.1, 0.15) is 53.4 Å². The number of hydrogen-bond acceptors (Lipinski definition) is 14. The van der Waals surface area contributed by atoms with Crippen molar-refractivity contribution < 1.29 is 70.0 Å². The van der Waals surface area contributed by atoms with Crippen molar-refractivity contribution in [2.24, 2.45) is 17.3 Å². The Bertz CT molecular complexity index is 881. The van der Waals surface area contributed by atoms with Gasteiger partial charge in [0.05, 0.1) is 36.6 Å². The molecule has 10 N–H and O–H groups in total. The van der Waals surface area contributed by atoms with E-state index < -0.39 is 115 Å². The molecule has 0 spiro atoms. The van der Waals surface area contributed by atoms with Crippen molar-refractivity contribution in [3.05, 3.63) is 0 Å². The summed E-state index contributed by atoms with van der Waals surface area (Å²) in [6.45, 7) is 5.54. The SMILES string of the molecule is CC(C)(O)[C@@H]1CC[C@@]2(C)C([C@@H]1O[C@@H]1O[C@H](CO[C@H]3O[C@H](CO)[C@@H](O)[C@H](O)[C@H]3O)[C@@H](O)[C@H](O)[C@H]1O)[C@](C)(O)CC[C@@H]2O.